The van der Waals surface area contributed by atoms with Gasteiger partial charge < -0.3 is 4.90 Å². The molecule has 1 amide bonds. The van der Waals surface area contributed by atoms with Crippen LogP contribution in [-0.4, -0.2) is 51.7 Å². The Kier molecular flexibility index (Phi) is 4.29. The largest absolute Gasteiger partial charge is 0.340 e. The Morgan fingerprint density at radius 2 is 2.00 bits per heavy atom. The van der Waals surface area contributed by atoms with Gasteiger partial charge in [0.15, 0.2) is 0 Å². The van der Waals surface area contributed by atoms with Crippen LogP contribution in [0.15, 0.2) is 36.7 Å². The van der Waals surface area contributed by atoms with Crippen LogP contribution in [0.5, 0.6) is 0 Å². The highest BCUT2D eigenvalue weighted by molar-refractivity contribution is 5.83. The molecule has 6 heteroatoms. The zero-order valence-corrected chi connectivity index (χ0v) is 14.4. The monoisotopic (exact) mass is 342 g/mol. The number of nitrogens with zero attached hydrogens (tertiary/aromatic N) is 4. The van der Waals surface area contributed by atoms with Crippen molar-refractivity contribution < 1.29 is 9.18 Å². The molecule has 0 radical (unpaired) electrons. The standard InChI is InChI=1S/C19H23FN4O/c1-22-12-15(11-21-22)16-10-17(16)19(25)24-8-6-23(7-9-24)13-14-4-2-3-5-18(14)20/h2-5,11-12,16-17H,6-10,13H2,1H3/t16-,17-/m1/s1. The fourth-order valence-corrected chi connectivity index (χ4v) is 3.70. The third-order valence-corrected chi connectivity index (χ3v) is 5.30. The second-order valence-electron chi connectivity index (χ2n) is 7.09. The van der Waals surface area contributed by atoms with Crippen LogP contribution in [0, 0.1) is 11.7 Å². The van der Waals surface area contributed by atoms with E-state index in [0.29, 0.717) is 12.5 Å². The summed E-state index contributed by atoms with van der Waals surface area (Å²) in [7, 11) is 1.90. The number of amides is 1. The lowest BCUT2D eigenvalue weighted by atomic mass is 10.1. The predicted octanol–water partition coefficient (Wildman–Crippen LogP) is 2.01. The quantitative estimate of drug-likeness (QED) is 0.853. The third kappa shape index (κ3) is 3.44. The smallest absolute Gasteiger partial charge is 0.226 e. The lowest BCUT2D eigenvalue weighted by Crippen LogP contribution is -2.48. The molecule has 2 aliphatic rings. The molecule has 0 unspecified atom stereocenters. The van der Waals surface area contributed by atoms with Crippen LogP contribution in [0.4, 0.5) is 4.39 Å². The van der Waals surface area contributed by atoms with Crippen molar-refractivity contribution in [1.29, 1.82) is 0 Å². The van der Waals surface area contributed by atoms with Gasteiger partial charge in [-0.05, 0) is 24.0 Å². The summed E-state index contributed by atoms with van der Waals surface area (Å²) >= 11 is 0. The Morgan fingerprint density at radius 1 is 1.24 bits per heavy atom. The molecule has 2 heterocycles. The van der Waals surface area contributed by atoms with Crippen molar-refractivity contribution in [2.75, 3.05) is 26.2 Å². The summed E-state index contributed by atoms with van der Waals surface area (Å²) in [6, 6.07) is 6.91. The molecule has 5 nitrogen and oxygen atoms in total. The van der Waals surface area contributed by atoms with Crippen molar-refractivity contribution in [3.63, 3.8) is 0 Å². The summed E-state index contributed by atoms with van der Waals surface area (Å²) in [5.41, 5.74) is 1.89. The summed E-state index contributed by atoms with van der Waals surface area (Å²) in [5.74, 6) is 0.553. The van der Waals surface area contributed by atoms with Crippen LogP contribution in [0.3, 0.4) is 0 Å². The van der Waals surface area contributed by atoms with E-state index < -0.39 is 0 Å². The molecule has 1 aromatic heterocycles. The average molecular weight is 342 g/mol. The Hall–Kier alpha value is -2.21. The van der Waals surface area contributed by atoms with Gasteiger partial charge in [-0.15, -0.1) is 0 Å². The van der Waals surface area contributed by atoms with Gasteiger partial charge in [-0.2, -0.15) is 5.10 Å². The minimum Gasteiger partial charge on any atom is -0.340 e. The number of halogens is 1. The number of aromatic nitrogens is 2. The molecule has 25 heavy (non-hydrogen) atoms. The zero-order valence-electron chi connectivity index (χ0n) is 14.4. The van der Waals surface area contributed by atoms with Gasteiger partial charge in [0.05, 0.1) is 6.20 Å². The summed E-state index contributed by atoms with van der Waals surface area (Å²) in [6.07, 6.45) is 4.80. The summed E-state index contributed by atoms with van der Waals surface area (Å²) in [4.78, 5) is 16.9. The van der Waals surface area contributed by atoms with E-state index in [0.717, 1.165) is 38.2 Å². The first-order chi connectivity index (χ1) is 12.1. The predicted molar refractivity (Wildman–Crippen MR) is 92.3 cm³/mol. The van der Waals surface area contributed by atoms with Gasteiger partial charge in [-0.3, -0.25) is 14.4 Å². The molecule has 1 saturated heterocycles. The van der Waals surface area contributed by atoms with E-state index in [9.17, 15) is 9.18 Å². The Morgan fingerprint density at radius 3 is 2.68 bits per heavy atom. The molecule has 0 spiro atoms. The number of hydrogen-bond donors (Lipinski definition) is 0. The average Bonchev–Trinajstić information content (AvgIpc) is 3.31. The highest BCUT2D eigenvalue weighted by Gasteiger charge is 2.46. The molecule has 1 aliphatic carbocycles. The number of rotatable bonds is 4. The lowest BCUT2D eigenvalue weighted by molar-refractivity contribution is -0.134. The summed E-state index contributed by atoms with van der Waals surface area (Å²) in [5, 5.41) is 4.20. The maximum Gasteiger partial charge on any atom is 0.226 e. The second-order valence-corrected chi connectivity index (χ2v) is 7.09. The van der Waals surface area contributed by atoms with E-state index in [1.165, 1.54) is 11.6 Å². The van der Waals surface area contributed by atoms with Crippen molar-refractivity contribution in [3.8, 4) is 0 Å². The van der Waals surface area contributed by atoms with Crippen molar-refractivity contribution in [1.82, 2.24) is 19.6 Å². The van der Waals surface area contributed by atoms with Crippen LogP contribution < -0.4 is 0 Å². The minimum atomic E-state index is -0.154. The Bertz CT molecular complexity index is 766. The van der Waals surface area contributed by atoms with E-state index in [4.69, 9.17) is 0 Å². The van der Waals surface area contributed by atoms with Crippen LogP contribution in [0.25, 0.3) is 0 Å². The van der Waals surface area contributed by atoms with E-state index in [1.807, 2.05) is 36.5 Å². The molecule has 1 aromatic carbocycles. The van der Waals surface area contributed by atoms with Gasteiger partial charge >= 0.3 is 0 Å². The van der Waals surface area contributed by atoms with E-state index in [2.05, 4.69) is 10.00 Å². The molecule has 2 fully saturated rings. The molecule has 132 valence electrons. The number of carbonyl (C=O) groups is 1. The fourth-order valence-electron chi connectivity index (χ4n) is 3.70. The molecule has 0 bridgehead atoms. The van der Waals surface area contributed by atoms with Crippen molar-refractivity contribution in [3.05, 3.63) is 53.6 Å². The second kappa shape index (κ2) is 6.59. The van der Waals surface area contributed by atoms with Crippen molar-refractivity contribution in [2.24, 2.45) is 13.0 Å². The fraction of sp³-hybridized carbons (Fsp3) is 0.474. The molecular formula is C19H23FN4O. The van der Waals surface area contributed by atoms with Crippen molar-refractivity contribution >= 4 is 5.91 Å². The SMILES string of the molecule is Cn1cc([C@H]2C[C@H]2C(=O)N2CCN(Cc3ccccc3F)CC2)cn1. The number of carbonyl (C=O) groups excluding carboxylic acids is 1. The maximum absolute atomic E-state index is 13.8. The van der Waals surface area contributed by atoms with Crippen LogP contribution >= 0.6 is 0 Å². The molecular weight excluding hydrogens is 319 g/mol. The van der Waals surface area contributed by atoms with Gasteiger partial charge in [0, 0.05) is 57.4 Å². The summed E-state index contributed by atoms with van der Waals surface area (Å²) < 4.78 is 15.6. The lowest BCUT2D eigenvalue weighted by Gasteiger charge is -2.35. The van der Waals surface area contributed by atoms with Crippen LogP contribution in [0.1, 0.15) is 23.5 Å². The number of piperazine rings is 1. The number of benzene rings is 1. The third-order valence-electron chi connectivity index (χ3n) is 5.30. The highest BCUT2D eigenvalue weighted by Crippen LogP contribution is 2.48. The molecule has 2 aromatic rings. The van der Waals surface area contributed by atoms with Gasteiger partial charge in [0.1, 0.15) is 5.82 Å². The summed E-state index contributed by atoms with van der Waals surface area (Å²) in [6.45, 7) is 3.65. The minimum absolute atomic E-state index is 0.113. The van der Waals surface area contributed by atoms with Crippen LogP contribution in [0.2, 0.25) is 0 Å². The topological polar surface area (TPSA) is 41.4 Å². The molecule has 1 aliphatic heterocycles. The first-order valence-corrected chi connectivity index (χ1v) is 8.85. The van der Waals surface area contributed by atoms with Crippen molar-refractivity contribution in [2.45, 2.75) is 18.9 Å². The van der Waals surface area contributed by atoms with Gasteiger partial charge in [-0.1, -0.05) is 18.2 Å². The van der Waals surface area contributed by atoms with E-state index >= 15 is 0 Å². The first-order valence-electron chi connectivity index (χ1n) is 8.85. The van der Waals surface area contributed by atoms with Gasteiger partial charge in [-0.25, -0.2) is 4.39 Å². The first kappa shape index (κ1) is 16.3. The molecule has 1 saturated carbocycles. The highest BCUT2D eigenvalue weighted by atomic mass is 19.1. The molecule has 4 rings (SSSR count). The van der Waals surface area contributed by atoms with Gasteiger partial charge in [0.25, 0.3) is 0 Å². The zero-order chi connectivity index (χ0) is 17.4. The van der Waals surface area contributed by atoms with E-state index in [1.54, 1.807) is 10.7 Å². The molecule has 2 atom stereocenters. The number of aryl methyl sites for hydroxylation is 1. The maximum atomic E-state index is 13.8. The molecule has 0 N–H and O–H groups in total. The Labute approximate surface area is 147 Å². The Balaban J connectivity index is 1.29. The normalized spacial score (nSPS) is 23.7. The van der Waals surface area contributed by atoms with Crippen LogP contribution in [-0.2, 0) is 18.4 Å². The van der Waals surface area contributed by atoms with Gasteiger partial charge in [0.2, 0.25) is 5.91 Å². The number of hydrogen-bond acceptors (Lipinski definition) is 3. The van der Waals surface area contributed by atoms with E-state index in [-0.39, 0.29) is 17.6 Å².